The van der Waals surface area contributed by atoms with Gasteiger partial charge in [0, 0.05) is 18.8 Å². The maximum Gasteiger partial charge on any atom is 0.335 e. The van der Waals surface area contributed by atoms with Crippen molar-refractivity contribution in [1.29, 1.82) is 0 Å². The molecular weight excluding hydrogens is 230 g/mol. The highest BCUT2D eigenvalue weighted by molar-refractivity contribution is 5.88. The van der Waals surface area contributed by atoms with Crippen LogP contribution in [0, 0.1) is 0 Å². The fraction of sp³-hybridized carbons (Fsp3) is 0.500. The average molecular weight is 249 g/mol. The lowest BCUT2D eigenvalue weighted by molar-refractivity contribution is 0.0668. The number of benzene rings is 1. The van der Waals surface area contributed by atoms with Crippen LogP contribution in [0.15, 0.2) is 24.3 Å². The van der Waals surface area contributed by atoms with Crippen molar-refractivity contribution in [3.8, 4) is 0 Å². The molecule has 1 aromatic carbocycles. The van der Waals surface area contributed by atoms with Crippen LogP contribution in [0.5, 0.6) is 0 Å². The summed E-state index contributed by atoms with van der Waals surface area (Å²) in [5.74, 6) is -0.892. The lowest BCUT2D eigenvalue weighted by Gasteiger charge is -2.29. The summed E-state index contributed by atoms with van der Waals surface area (Å²) in [4.78, 5) is 10.9. The minimum atomic E-state index is -0.892. The van der Waals surface area contributed by atoms with E-state index in [1.807, 2.05) is 6.07 Å². The summed E-state index contributed by atoms with van der Waals surface area (Å²) in [5.41, 5.74) is 1.19. The molecule has 0 amide bonds. The quantitative estimate of drug-likeness (QED) is 0.861. The van der Waals surface area contributed by atoms with Crippen molar-refractivity contribution in [2.75, 3.05) is 12.4 Å². The van der Waals surface area contributed by atoms with Crippen molar-refractivity contribution >= 4 is 11.7 Å². The normalized spacial score (nSPS) is 23.6. The van der Waals surface area contributed by atoms with Crippen LogP contribution in [0.3, 0.4) is 0 Å². The van der Waals surface area contributed by atoms with Gasteiger partial charge >= 0.3 is 5.97 Å². The second kappa shape index (κ2) is 5.87. The molecule has 2 rings (SSSR count). The molecule has 1 saturated carbocycles. The number of methoxy groups -OCH3 is 1. The van der Waals surface area contributed by atoms with Crippen molar-refractivity contribution in [3.05, 3.63) is 29.8 Å². The zero-order valence-corrected chi connectivity index (χ0v) is 10.6. The van der Waals surface area contributed by atoms with Crippen LogP contribution in [0.4, 0.5) is 5.69 Å². The van der Waals surface area contributed by atoms with Crippen LogP contribution in [0.2, 0.25) is 0 Å². The fourth-order valence-corrected chi connectivity index (χ4v) is 2.47. The van der Waals surface area contributed by atoms with Gasteiger partial charge in [-0.25, -0.2) is 4.79 Å². The molecule has 0 radical (unpaired) electrons. The zero-order chi connectivity index (χ0) is 13.0. The number of anilines is 1. The van der Waals surface area contributed by atoms with E-state index >= 15 is 0 Å². The van der Waals surface area contributed by atoms with Gasteiger partial charge in [-0.2, -0.15) is 0 Å². The molecule has 4 heteroatoms. The summed E-state index contributed by atoms with van der Waals surface area (Å²) >= 11 is 0. The molecular formula is C14H19NO3. The molecule has 0 bridgehead atoms. The van der Waals surface area contributed by atoms with Gasteiger partial charge in [-0.1, -0.05) is 6.07 Å². The Balaban J connectivity index is 2.00. The van der Waals surface area contributed by atoms with Crippen LogP contribution in [0.1, 0.15) is 36.0 Å². The van der Waals surface area contributed by atoms with E-state index in [1.54, 1.807) is 25.3 Å². The Hall–Kier alpha value is -1.55. The number of nitrogens with one attached hydrogen (secondary N) is 1. The maximum atomic E-state index is 10.9. The van der Waals surface area contributed by atoms with Crippen LogP contribution in [0.25, 0.3) is 0 Å². The first kappa shape index (κ1) is 12.9. The number of aromatic carboxylic acids is 1. The Morgan fingerprint density at radius 1 is 1.44 bits per heavy atom. The first-order chi connectivity index (χ1) is 8.69. The van der Waals surface area contributed by atoms with E-state index in [9.17, 15) is 4.79 Å². The van der Waals surface area contributed by atoms with Crippen LogP contribution in [-0.4, -0.2) is 30.3 Å². The molecule has 1 aliphatic carbocycles. The van der Waals surface area contributed by atoms with Crippen molar-refractivity contribution in [1.82, 2.24) is 0 Å². The number of carbonyl (C=O) groups is 1. The topological polar surface area (TPSA) is 58.6 Å². The van der Waals surface area contributed by atoms with E-state index in [2.05, 4.69) is 5.32 Å². The molecule has 0 spiro atoms. The van der Waals surface area contributed by atoms with Crippen molar-refractivity contribution in [3.63, 3.8) is 0 Å². The molecule has 1 fully saturated rings. The summed E-state index contributed by atoms with van der Waals surface area (Å²) < 4.78 is 5.39. The highest BCUT2D eigenvalue weighted by Crippen LogP contribution is 2.24. The molecule has 1 aromatic rings. The predicted octanol–water partition coefficient (Wildman–Crippen LogP) is 2.75. The maximum absolute atomic E-state index is 10.9. The Morgan fingerprint density at radius 3 is 3.00 bits per heavy atom. The average Bonchev–Trinajstić information content (AvgIpc) is 2.39. The summed E-state index contributed by atoms with van der Waals surface area (Å²) in [5, 5.41) is 12.3. The number of ether oxygens (including phenoxy) is 1. The molecule has 0 saturated heterocycles. The third kappa shape index (κ3) is 3.23. The second-order valence-corrected chi connectivity index (χ2v) is 4.75. The van der Waals surface area contributed by atoms with Gasteiger partial charge in [0.2, 0.25) is 0 Å². The van der Waals surface area contributed by atoms with E-state index in [4.69, 9.17) is 9.84 Å². The highest BCUT2D eigenvalue weighted by atomic mass is 16.5. The van der Waals surface area contributed by atoms with Crippen molar-refractivity contribution < 1.29 is 14.6 Å². The Morgan fingerprint density at radius 2 is 2.28 bits per heavy atom. The van der Waals surface area contributed by atoms with E-state index in [-0.39, 0.29) is 0 Å². The Bertz CT molecular complexity index is 419. The number of rotatable bonds is 4. The molecule has 1 aliphatic rings. The minimum absolute atomic E-state index is 0.318. The molecule has 2 N–H and O–H groups in total. The van der Waals surface area contributed by atoms with Gasteiger partial charge < -0.3 is 15.2 Å². The lowest BCUT2D eigenvalue weighted by Crippen LogP contribution is -2.31. The molecule has 18 heavy (non-hydrogen) atoms. The predicted molar refractivity (Wildman–Crippen MR) is 70.1 cm³/mol. The third-order valence-electron chi connectivity index (χ3n) is 3.44. The Kier molecular flexibility index (Phi) is 4.20. The summed E-state index contributed by atoms with van der Waals surface area (Å²) in [6, 6.07) is 7.32. The second-order valence-electron chi connectivity index (χ2n) is 4.75. The molecule has 4 nitrogen and oxygen atoms in total. The zero-order valence-electron chi connectivity index (χ0n) is 10.6. The molecule has 0 aliphatic heterocycles. The van der Waals surface area contributed by atoms with E-state index < -0.39 is 5.97 Å². The molecule has 0 aromatic heterocycles. The molecule has 0 heterocycles. The first-order valence-electron chi connectivity index (χ1n) is 6.31. The van der Waals surface area contributed by atoms with Gasteiger partial charge in [-0.15, -0.1) is 0 Å². The van der Waals surface area contributed by atoms with Crippen LogP contribution in [-0.2, 0) is 4.74 Å². The van der Waals surface area contributed by atoms with Crippen molar-refractivity contribution in [2.24, 2.45) is 0 Å². The van der Waals surface area contributed by atoms with E-state index in [0.717, 1.165) is 31.4 Å². The van der Waals surface area contributed by atoms with Crippen LogP contribution >= 0.6 is 0 Å². The monoisotopic (exact) mass is 249 g/mol. The summed E-state index contributed by atoms with van der Waals surface area (Å²) in [7, 11) is 1.75. The molecule has 2 unspecified atom stereocenters. The first-order valence-corrected chi connectivity index (χ1v) is 6.31. The Labute approximate surface area is 107 Å². The third-order valence-corrected chi connectivity index (χ3v) is 3.44. The van der Waals surface area contributed by atoms with Gasteiger partial charge in [0.05, 0.1) is 11.7 Å². The number of carboxylic acid groups (broad SMARTS) is 1. The van der Waals surface area contributed by atoms with Gasteiger partial charge in [0.25, 0.3) is 0 Å². The molecule has 2 atom stereocenters. The number of hydrogen-bond donors (Lipinski definition) is 2. The van der Waals surface area contributed by atoms with Gasteiger partial charge in [0.1, 0.15) is 0 Å². The van der Waals surface area contributed by atoms with Gasteiger partial charge in [0.15, 0.2) is 0 Å². The van der Waals surface area contributed by atoms with Gasteiger partial charge in [-0.05, 0) is 43.9 Å². The standard InChI is InChI=1S/C14H19NO3/c1-18-13-7-3-6-12(9-13)15-11-5-2-4-10(8-11)14(16)17/h2,4-5,8,12-13,15H,3,6-7,9H2,1H3,(H,16,17). The largest absolute Gasteiger partial charge is 0.478 e. The SMILES string of the molecule is COC1CCCC(Nc2cccc(C(=O)O)c2)C1. The molecule has 98 valence electrons. The summed E-state index contributed by atoms with van der Waals surface area (Å²) in [6.07, 6.45) is 4.67. The minimum Gasteiger partial charge on any atom is -0.478 e. The number of hydrogen-bond acceptors (Lipinski definition) is 3. The fourth-order valence-electron chi connectivity index (χ4n) is 2.47. The van der Waals surface area contributed by atoms with Crippen LogP contribution < -0.4 is 5.32 Å². The summed E-state index contributed by atoms with van der Waals surface area (Å²) in [6.45, 7) is 0. The number of carboxylic acids is 1. The van der Waals surface area contributed by atoms with Crippen molar-refractivity contribution in [2.45, 2.75) is 37.8 Å². The highest BCUT2D eigenvalue weighted by Gasteiger charge is 2.21. The lowest BCUT2D eigenvalue weighted by atomic mass is 9.92. The smallest absolute Gasteiger partial charge is 0.335 e. The van der Waals surface area contributed by atoms with E-state index in [0.29, 0.717) is 17.7 Å². The van der Waals surface area contributed by atoms with E-state index in [1.165, 1.54) is 0 Å². The van der Waals surface area contributed by atoms with Gasteiger partial charge in [-0.3, -0.25) is 0 Å².